The number of aromatic nitrogens is 2. The summed E-state index contributed by atoms with van der Waals surface area (Å²) in [5.41, 5.74) is 2.84. The molecule has 2 aromatic heterocycles. The highest BCUT2D eigenvalue weighted by atomic mass is 32.2. The van der Waals surface area contributed by atoms with Crippen molar-refractivity contribution in [1.29, 1.82) is 0 Å². The van der Waals surface area contributed by atoms with Crippen molar-refractivity contribution >= 4 is 26.7 Å². The first-order valence-corrected chi connectivity index (χ1v) is 8.47. The third-order valence-corrected chi connectivity index (χ3v) is 5.27. The van der Waals surface area contributed by atoms with Crippen LogP contribution < -0.4 is 4.90 Å². The Bertz CT molecular complexity index is 757. The Hall–Kier alpha value is -1.69. The van der Waals surface area contributed by atoms with Crippen molar-refractivity contribution in [2.45, 2.75) is 13.8 Å². The Kier molecular flexibility index (Phi) is 3.12. The molecule has 0 radical (unpaired) electrons. The normalized spacial score (nSPS) is 18.4. The van der Waals surface area contributed by atoms with Gasteiger partial charge in [0.2, 0.25) is 0 Å². The predicted octanol–water partition coefficient (Wildman–Crippen LogP) is 1.48. The van der Waals surface area contributed by atoms with E-state index in [4.69, 9.17) is 0 Å². The zero-order valence-corrected chi connectivity index (χ0v) is 12.4. The van der Waals surface area contributed by atoms with Gasteiger partial charge in [-0.2, -0.15) is 0 Å². The number of pyridine rings is 2. The largest absolute Gasteiger partial charge is 0.355 e. The van der Waals surface area contributed by atoms with Gasteiger partial charge in [0.05, 0.1) is 11.5 Å². The van der Waals surface area contributed by atoms with E-state index in [1.807, 2.05) is 36.9 Å². The summed E-state index contributed by atoms with van der Waals surface area (Å²) in [6.07, 6.45) is 0. The Morgan fingerprint density at radius 3 is 2.50 bits per heavy atom. The minimum absolute atomic E-state index is 0.201. The number of aryl methyl sites for hydroxylation is 2. The molecule has 6 heteroatoms. The van der Waals surface area contributed by atoms with Crippen molar-refractivity contribution in [3.05, 3.63) is 29.5 Å². The van der Waals surface area contributed by atoms with Crippen LogP contribution in [0.5, 0.6) is 0 Å². The molecular weight excluding hydrogens is 274 g/mol. The zero-order chi connectivity index (χ0) is 14.3. The van der Waals surface area contributed by atoms with E-state index in [9.17, 15) is 8.42 Å². The molecule has 0 aromatic carbocycles. The number of hydrogen-bond acceptors (Lipinski definition) is 5. The van der Waals surface area contributed by atoms with Gasteiger partial charge in [-0.1, -0.05) is 0 Å². The van der Waals surface area contributed by atoms with Crippen LogP contribution in [0.3, 0.4) is 0 Å². The van der Waals surface area contributed by atoms with Gasteiger partial charge in [0.1, 0.15) is 5.82 Å². The molecule has 0 amide bonds. The van der Waals surface area contributed by atoms with Crippen LogP contribution in [-0.2, 0) is 9.84 Å². The van der Waals surface area contributed by atoms with Crippen molar-refractivity contribution in [3.8, 4) is 0 Å². The van der Waals surface area contributed by atoms with Gasteiger partial charge in [0, 0.05) is 24.2 Å². The van der Waals surface area contributed by atoms with Crippen LogP contribution in [0.15, 0.2) is 18.2 Å². The summed E-state index contributed by atoms with van der Waals surface area (Å²) >= 11 is 0. The van der Waals surface area contributed by atoms with E-state index in [1.54, 1.807) is 0 Å². The molecule has 106 valence electrons. The number of anilines is 1. The van der Waals surface area contributed by atoms with E-state index >= 15 is 0 Å². The summed E-state index contributed by atoms with van der Waals surface area (Å²) in [7, 11) is -2.86. The fourth-order valence-corrected chi connectivity index (χ4v) is 3.74. The molecule has 0 bridgehead atoms. The van der Waals surface area contributed by atoms with Crippen LogP contribution in [0.25, 0.3) is 11.0 Å². The molecule has 1 aliphatic heterocycles. The third kappa shape index (κ3) is 2.47. The van der Waals surface area contributed by atoms with Gasteiger partial charge >= 0.3 is 0 Å². The highest BCUT2D eigenvalue weighted by Gasteiger charge is 2.22. The maximum atomic E-state index is 11.5. The Balaban J connectivity index is 1.97. The smallest absolute Gasteiger partial charge is 0.162 e. The number of nitrogens with zero attached hydrogens (tertiary/aromatic N) is 3. The van der Waals surface area contributed by atoms with Crippen LogP contribution in [-0.4, -0.2) is 43.0 Å². The molecular formula is C14H17N3O2S. The average molecular weight is 291 g/mol. The fraction of sp³-hybridized carbons (Fsp3) is 0.429. The zero-order valence-electron chi connectivity index (χ0n) is 11.6. The van der Waals surface area contributed by atoms with E-state index < -0.39 is 9.84 Å². The van der Waals surface area contributed by atoms with E-state index in [1.165, 1.54) is 0 Å². The molecule has 0 aliphatic carbocycles. The lowest BCUT2D eigenvalue weighted by Gasteiger charge is -2.27. The van der Waals surface area contributed by atoms with Crippen molar-refractivity contribution in [1.82, 2.24) is 9.97 Å². The Morgan fingerprint density at radius 2 is 1.80 bits per heavy atom. The Morgan fingerprint density at radius 1 is 1.10 bits per heavy atom. The van der Waals surface area contributed by atoms with E-state index in [0.29, 0.717) is 13.1 Å². The van der Waals surface area contributed by atoms with E-state index in [2.05, 4.69) is 9.97 Å². The van der Waals surface area contributed by atoms with Gasteiger partial charge in [-0.05, 0) is 37.6 Å². The topological polar surface area (TPSA) is 63.2 Å². The molecule has 5 nitrogen and oxygen atoms in total. The molecule has 1 saturated heterocycles. The van der Waals surface area contributed by atoms with Crippen molar-refractivity contribution in [2.75, 3.05) is 29.5 Å². The summed E-state index contributed by atoms with van der Waals surface area (Å²) in [6.45, 7) is 5.01. The molecule has 3 rings (SSSR count). The van der Waals surface area contributed by atoms with Gasteiger partial charge in [-0.3, -0.25) is 0 Å². The minimum atomic E-state index is -2.86. The first-order chi connectivity index (χ1) is 9.44. The quantitative estimate of drug-likeness (QED) is 0.796. The van der Waals surface area contributed by atoms with Crippen LogP contribution in [0.4, 0.5) is 5.82 Å². The number of rotatable bonds is 1. The average Bonchev–Trinajstić information content (AvgIpc) is 2.37. The monoisotopic (exact) mass is 291 g/mol. The molecule has 0 atom stereocenters. The molecule has 2 aromatic rings. The second-order valence-corrected chi connectivity index (χ2v) is 7.56. The maximum Gasteiger partial charge on any atom is 0.162 e. The van der Waals surface area contributed by atoms with Crippen molar-refractivity contribution in [2.24, 2.45) is 0 Å². The summed E-state index contributed by atoms with van der Waals surface area (Å²) in [4.78, 5) is 11.1. The molecule has 0 spiro atoms. The SMILES string of the molecule is Cc1cc(C)c2ccc(N3CCS(=O)(=O)CC3)nc2n1. The van der Waals surface area contributed by atoms with Gasteiger partial charge < -0.3 is 4.90 Å². The highest BCUT2D eigenvalue weighted by Crippen LogP contribution is 2.21. The van der Waals surface area contributed by atoms with Gasteiger partial charge in [0.25, 0.3) is 0 Å². The minimum Gasteiger partial charge on any atom is -0.355 e. The molecule has 3 heterocycles. The first-order valence-electron chi connectivity index (χ1n) is 6.65. The van der Waals surface area contributed by atoms with Gasteiger partial charge in [-0.15, -0.1) is 0 Å². The van der Waals surface area contributed by atoms with E-state index in [0.717, 1.165) is 28.1 Å². The summed E-state index contributed by atoms with van der Waals surface area (Å²) in [6, 6.07) is 6.00. The predicted molar refractivity (Wildman–Crippen MR) is 79.9 cm³/mol. The van der Waals surface area contributed by atoms with E-state index in [-0.39, 0.29) is 11.5 Å². The lowest BCUT2D eigenvalue weighted by atomic mass is 10.1. The molecule has 20 heavy (non-hydrogen) atoms. The van der Waals surface area contributed by atoms with Gasteiger partial charge in [0.15, 0.2) is 15.5 Å². The number of hydrogen-bond donors (Lipinski definition) is 0. The molecule has 1 fully saturated rings. The molecule has 0 N–H and O–H groups in total. The van der Waals surface area contributed by atoms with Crippen LogP contribution in [0.2, 0.25) is 0 Å². The van der Waals surface area contributed by atoms with Crippen molar-refractivity contribution in [3.63, 3.8) is 0 Å². The third-order valence-electron chi connectivity index (χ3n) is 3.66. The lowest BCUT2D eigenvalue weighted by molar-refractivity contribution is 0.586. The number of fused-ring (bicyclic) bond motifs is 1. The molecule has 0 saturated carbocycles. The maximum absolute atomic E-state index is 11.5. The molecule has 0 unspecified atom stereocenters. The van der Waals surface area contributed by atoms with Crippen LogP contribution >= 0.6 is 0 Å². The Labute approximate surface area is 118 Å². The fourth-order valence-electron chi connectivity index (χ4n) is 2.54. The summed E-state index contributed by atoms with van der Waals surface area (Å²) in [5.74, 6) is 1.21. The molecule has 1 aliphatic rings. The van der Waals surface area contributed by atoms with Crippen LogP contribution in [0.1, 0.15) is 11.3 Å². The lowest BCUT2D eigenvalue weighted by Crippen LogP contribution is -2.40. The standard InChI is InChI=1S/C14H17N3O2S/c1-10-9-11(2)15-14-12(10)3-4-13(16-14)17-5-7-20(18,19)8-6-17/h3-4,9H,5-8H2,1-2H3. The first kappa shape index (κ1) is 13.3. The van der Waals surface area contributed by atoms with Gasteiger partial charge in [-0.25, -0.2) is 18.4 Å². The van der Waals surface area contributed by atoms with Crippen LogP contribution in [0, 0.1) is 13.8 Å². The van der Waals surface area contributed by atoms with Crippen molar-refractivity contribution < 1.29 is 8.42 Å². The highest BCUT2D eigenvalue weighted by molar-refractivity contribution is 7.91. The summed E-state index contributed by atoms with van der Waals surface area (Å²) in [5, 5.41) is 1.05. The summed E-state index contributed by atoms with van der Waals surface area (Å²) < 4.78 is 22.9. The second kappa shape index (κ2) is 4.70. The second-order valence-electron chi connectivity index (χ2n) is 5.26. The number of sulfone groups is 1.